The number of nitrogens with zero attached hydrogens (tertiary/aromatic N) is 3. The van der Waals surface area contributed by atoms with Crippen molar-refractivity contribution in [1.29, 1.82) is 0 Å². The molecule has 5 nitrogen and oxygen atoms in total. The summed E-state index contributed by atoms with van der Waals surface area (Å²) in [6, 6.07) is 0.372. The fraction of sp³-hybridized carbons (Fsp3) is 0.917. The normalized spacial score (nSPS) is 24.5. The van der Waals surface area contributed by atoms with Crippen molar-refractivity contribution in [3.8, 4) is 0 Å². The molecule has 1 aliphatic heterocycles. The van der Waals surface area contributed by atoms with Crippen molar-refractivity contribution in [2.24, 2.45) is 16.8 Å². The third-order valence-corrected chi connectivity index (χ3v) is 3.70. The van der Waals surface area contributed by atoms with E-state index in [1.54, 1.807) is 0 Å². The van der Waals surface area contributed by atoms with Gasteiger partial charge >= 0.3 is 0 Å². The Kier molecular flexibility index (Phi) is 5.71. The number of amidine groups is 1. The molecule has 1 saturated heterocycles. The van der Waals surface area contributed by atoms with Crippen molar-refractivity contribution in [3.63, 3.8) is 0 Å². The lowest BCUT2D eigenvalue weighted by molar-refractivity contribution is 0.203. The monoisotopic (exact) mass is 242 g/mol. The van der Waals surface area contributed by atoms with Gasteiger partial charge in [0.2, 0.25) is 0 Å². The van der Waals surface area contributed by atoms with E-state index in [1.807, 2.05) is 0 Å². The molecule has 2 unspecified atom stereocenters. The van der Waals surface area contributed by atoms with Crippen LogP contribution >= 0.6 is 0 Å². The van der Waals surface area contributed by atoms with Crippen LogP contribution in [0.4, 0.5) is 0 Å². The Morgan fingerprint density at radius 1 is 1.65 bits per heavy atom. The van der Waals surface area contributed by atoms with Crippen LogP contribution in [-0.2, 0) is 0 Å². The minimum absolute atomic E-state index is 0.326. The molecule has 0 bridgehead atoms. The van der Waals surface area contributed by atoms with Crippen LogP contribution in [0.5, 0.6) is 0 Å². The number of likely N-dealkylation sites (tertiary alicyclic amines) is 1. The largest absolute Gasteiger partial charge is 0.409 e. The lowest BCUT2D eigenvalue weighted by Crippen LogP contribution is -2.38. The minimum atomic E-state index is 0.326. The van der Waals surface area contributed by atoms with Crippen LogP contribution < -0.4 is 5.73 Å². The van der Waals surface area contributed by atoms with Gasteiger partial charge in [0.1, 0.15) is 5.84 Å². The summed E-state index contributed by atoms with van der Waals surface area (Å²) in [5.41, 5.74) is 5.58. The van der Waals surface area contributed by atoms with E-state index >= 15 is 0 Å². The van der Waals surface area contributed by atoms with Gasteiger partial charge in [-0.15, -0.1) is 0 Å². The molecule has 100 valence electrons. The highest BCUT2D eigenvalue weighted by atomic mass is 16.4. The van der Waals surface area contributed by atoms with Crippen LogP contribution in [0.15, 0.2) is 5.16 Å². The van der Waals surface area contributed by atoms with Crippen LogP contribution in [0.3, 0.4) is 0 Å². The maximum atomic E-state index is 8.62. The second-order valence-electron chi connectivity index (χ2n) is 5.21. The fourth-order valence-corrected chi connectivity index (χ4v) is 2.63. The summed E-state index contributed by atoms with van der Waals surface area (Å²) in [6.07, 6.45) is 2.95. The molecule has 1 rings (SSSR count). The third-order valence-electron chi connectivity index (χ3n) is 3.70. The molecule has 0 aromatic heterocycles. The highest BCUT2D eigenvalue weighted by Gasteiger charge is 2.23. The molecule has 2 atom stereocenters. The van der Waals surface area contributed by atoms with E-state index in [-0.39, 0.29) is 0 Å². The Balaban J connectivity index is 2.40. The van der Waals surface area contributed by atoms with E-state index in [4.69, 9.17) is 10.9 Å². The van der Waals surface area contributed by atoms with Crippen molar-refractivity contribution < 1.29 is 5.21 Å². The summed E-state index contributed by atoms with van der Waals surface area (Å²) >= 11 is 0. The van der Waals surface area contributed by atoms with Gasteiger partial charge in [0, 0.05) is 25.6 Å². The standard InChI is InChI=1S/C12H26N4O/c1-4-11(7-12(13)14-17)16(3)9-10-5-6-15(2)8-10/h10-11,17H,4-9H2,1-3H3,(H2,13,14). The highest BCUT2D eigenvalue weighted by Crippen LogP contribution is 2.17. The summed E-state index contributed by atoms with van der Waals surface area (Å²) in [6.45, 7) is 5.63. The van der Waals surface area contributed by atoms with Crippen LogP contribution in [-0.4, -0.2) is 60.6 Å². The highest BCUT2D eigenvalue weighted by molar-refractivity contribution is 5.80. The lowest BCUT2D eigenvalue weighted by Gasteiger charge is -2.29. The number of oxime groups is 1. The molecule has 0 amide bonds. The Labute approximate surface area is 104 Å². The van der Waals surface area contributed by atoms with Gasteiger partial charge < -0.3 is 20.7 Å². The van der Waals surface area contributed by atoms with Gasteiger partial charge in [-0.05, 0) is 39.4 Å². The van der Waals surface area contributed by atoms with Crippen molar-refractivity contribution >= 4 is 5.84 Å². The quantitative estimate of drug-likeness (QED) is 0.313. The maximum absolute atomic E-state index is 8.62. The number of hydrogen-bond acceptors (Lipinski definition) is 4. The second kappa shape index (κ2) is 6.81. The molecule has 0 aromatic carbocycles. The summed E-state index contributed by atoms with van der Waals surface area (Å²) in [5.74, 6) is 1.08. The topological polar surface area (TPSA) is 65.1 Å². The Hall–Kier alpha value is -0.810. The summed E-state index contributed by atoms with van der Waals surface area (Å²) in [7, 11) is 4.31. The van der Waals surface area contributed by atoms with Crippen molar-refractivity contribution in [3.05, 3.63) is 0 Å². The van der Waals surface area contributed by atoms with E-state index in [2.05, 4.69) is 36.0 Å². The van der Waals surface area contributed by atoms with E-state index in [0.29, 0.717) is 18.3 Å². The van der Waals surface area contributed by atoms with Crippen LogP contribution in [0.25, 0.3) is 0 Å². The molecule has 0 saturated carbocycles. The van der Waals surface area contributed by atoms with Gasteiger partial charge in [-0.1, -0.05) is 12.1 Å². The summed E-state index contributed by atoms with van der Waals surface area (Å²) in [4.78, 5) is 4.73. The smallest absolute Gasteiger partial charge is 0.140 e. The van der Waals surface area contributed by atoms with Gasteiger partial charge in [-0.25, -0.2) is 0 Å². The Bertz CT molecular complexity index is 257. The fourth-order valence-electron chi connectivity index (χ4n) is 2.63. The van der Waals surface area contributed by atoms with Gasteiger partial charge in [0.05, 0.1) is 0 Å². The average Bonchev–Trinajstić information content (AvgIpc) is 2.70. The number of hydrogen-bond donors (Lipinski definition) is 2. The Morgan fingerprint density at radius 3 is 2.82 bits per heavy atom. The SMILES string of the molecule is CCC(CC(N)=NO)N(C)CC1CCN(C)C1. The van der Waals surface area contributed by atoms with Crippen molar-refractivity contribution in [1.82, 2.24) is 9.80 Å². The lowest BCUT2D eigenvalue weighted by atomic mass is 10.0. The van der Waals surface area contributed by atoms with E-state index in [9.17, 15) is 0 Å². The van der Waals surface area contributed by atoms with Gasteiger partial charge in [0.15, 0.2) is 0 Å². The Morgan fingerprint density at radius 2 is 2.35 bits per heavy atom. The van der Waals surface area contributed by atoms with Gasteiger partial charge in [-0.3, -0.25) is 0 Å². The first kappa shape index (κ1) is 14.3. The van der Waals surface area contributed by atoms with E-state index < -0.39 is 0 Å². The summed E-state index contributed by atoms with van der Waals surface area (Å²) < 4.78 is 0. The molecule has 0 radical (unpaired) electrons. The predicted molar refractivity (Wildman–Crippen MR) is 70.3 cm³/mol. The zero-order chi connectivity index (χ0) is 12.8. The average molecular weight is 242 g/mol. The molecule has 17 heavy (non-hydrogen) atoms. The molecule has 1 aliphatic rings. The van der Waals surface area contributed by atoms with Crippen LogP contribution in [0.2, 0.25) is 0 Å². The maximum Gasteiger partial charge on any atom is 0.140 e. The molecule has 0 spiro atoms. The zero-order valence-corrected chi connectivity index (χ0v) is 11.3. The predicted octanol–water partition coefficient (Wildman–Crippen LogP) is 0.785. The first-order chi connectivity index (χ1) is 8.06. The molecule has 0 aliphatic carbocycles. The number of nitrogens with two attached hydrogens (primary N) is 1. The molecule has 1 heterocycles. The van der Waals surface area contributed by atoms with Crippen LogP contribution in [0.1, 0.15) is 26.2 Å². The zero-order valence-electron chi connectivity index (χ0n) is 11.3. The third kappa shape index (κ3) is 4.52. The van der Waals surface area contributed by atoms with Crippen molar-refractivity contribution in [2.75, 3.05) is 33.7 Å². The molecule has 1 fully saturated rings. The number of rotatable bonds is 6. The van der Waals surface area contributed by atoms with Gasteiger partial charge in [0.25, 0.3) is 0 Å². The molecule has 5 heteroatoms. The first-order valence-corrected chi connectivity index (χ1v) is 6.42. The van der Waals surface area contributed by atoms with Crippen LogP contribution in [0, 0.1) is 5.92 Å². The van der Waals surface area contributed by atoms with E-state index in [0.717, 1.165) is 18.9 Å². The van der Waals surface area contributed by atoms with Gasteiger partial charge in [-0.2, -0.15) is 0 Å². The van der Waals surface area contributed by atoms with E-state index in [1.165, 1.54) is 19.5 Å². The molecule has 3 N–H and O–H groups in total. The second-order valence-corrected chi connectivity index (χ2v) is 5.21. The molecule has 0 aromatic rings. The summed E-state index contributed by atoms with van der Waals surface area (Å²) in [5, 5.41) is 11.7. The van der Waals surface area contributed by atoms with Crippen molar-refractivity contribution in [2.45, 2.75) is 32.2 Å². The first-order valence-electron chi connectivity index (χ1n) is 6.42. The molecular formula is C12H26N4O. The minimum Gasteiger partial charge on any atom is -0.409 e. The molecular weight excluding hydrogens is 216 g/mol.